The fraction of sp³-hybridized carbons (Fsp3) is 0.143. The van der Waals surface area contributed by atoms with E-state index in [0.29, 0.717) is 5.56 Å². The highest BCUT2D eigenvalue weighted by Crippen LogP contribution is 2.27. The van der Waals surface area contributed by atoms with Gasteiger partial charge in [0.25, 0.3) is 5.69 Å². The number of nitro benzene ring substituents is 1. The van der Waals surface area contributed by atoms with E-state index in [9.17, 15) is 10.1 Å². The van der Waals surface area contributed by atoms with Gasteiger partial charge >= 0.3 is 0 Å². The summed E-state index contributed by atoms with van der Waals surface area (Å²) in [5.41, 5.74) is 6.00. The minimum Gasteiger partial charge on any atom is -0.326 e. The van der Waals surface area contributed by atoms with Crippen LogP contribution in [-0.2, 0) is 6.54 Å². The second-order valence-corrected chi connectivity index (χ2v) is 4.37. The van der Waals surface area contributed by atoms with Crippen molar-refractivity contribution in [1.29, 1.82) is 0 Å². The normalized spacial score (nSPS) is 10.1. The molecule has 0 heterocycles. The number of nitro groups is 1. The monoisotopic (exact) mass is 356 g/mol. The van der Waals surface area contributed by atoms with E-state index < -0.39 is 4.92 Å². The molecule has 0 saturated heterocycles. The third-order valence-electron chi connectivity index (χ3n) is 1.54. The lowest BCUT2D eigenvalue weighted by Gasteiger charge is -2.02. The Balaban J connectivity index is 3.33. The molecule has 0 aliphatic heterocycles. The summed E-state index contributed by atoms with van der Waals surface area (Å²) >= 11 is 5.31. The van der Waals surface area contributed by atoms with E-state index in [1.165, 1.54) is 6.07 Å². The van der Waals surface area contributed by atoms with Crippen LogP contribution in [0, 0.1) is 13.7 Å². The highest BCUT2D eigenvalue weighted by molar-refractivity contribution is 14.1. The third kappa shape index (κ3) is 2.38. The molecule has 6 heteroatoms. The Morgan fingerprint density at radius 1 is 1.62 bits per heavy atom. The summed E-state index contributed by atoms with van der Waals surface area (Å²) in [6.07, 6.45) is 0. The quantitative estimate of drug-likeness (QED) is 0.502. The molecule has 1 aromatic carbocycles. The first-order valence-corrected chi connectivity index (χ1v) is 5.25. The van der Waals surface area contributed by atoms with Crippen molar-refractivity contribution in [3.8, 4) is 0 Å². The van der Waals surface area contributed by atoms with Gasteiger partial charge in [0, 0.05) is 26.2 Å². The Kier molecular flexibility index (Phi) is 3.63. The third-order valence-corrected chi connectivity index (χ3v) is 3.83. The highest BCUT2D eigenvalue weighted by Gasteiger charge is 2.14. The molecule has 0 amide bonds. The Morgan fingerprint density at radius 3 is 2.69 bits per heavy atom. The van der Waals surface area contributed by atoms with E-state index in [2.05, 4.69) is 15.9 Å². The molecular formula is C7H6BrIN2O2. The molecule has 1 rings (SSSR count). The first kappa shape index (κ1) is 10.9. The maximum Gasteiger partial charge on any atom is 0.275 e. The van der Waals surface area contributed by atoms with Crippen LogP contribution in [-0.4, -0.2) is 4.92 Å². The molecule has 0 saturated carbocycles. The van der Waals surface area contributed by atoms with Crippen LogP contribution in [0.4, 0.5) is 5.69 Å². The van der Waals surface area contributed by atoms with Crippen molar-refractivity contribution in [2.75, 3.05) is 0 Å². The average molecular weight is 357 g/mol. The molecule has 0 unspecified atom stereocenters. The van der Waals surface area contributed by atoms with E-state index in [4.69, 9.17) is 5.73 Å². The van der Waals surface area contributed by atoms with E-state index in [1.807, 2.05) is 22.6 Å². The van der Waals surface area contributed by atoms with E-state index in [1.54, 1.807) is 6.07 Å². The number of nitrogens with two attached hydrogens (primary N) is 1. The standard InChI is InChI=1S/C7H6BrIN2O2/c8-5-1-4(3-10)7(11(12)13)2-6(5)9/h1-2H,3,10H2. The molecule has 1 aromatic rings. The van der Waals surface area contributed by atoms with E-state index in [0.717, 1.165) is 8.04 Å². The van der Waals surface area contributed by atoms with Crippen molar-refractivity contribution in [2.24, 2.45) is 5.73 Å². The zero-order chi connectivity index (χ0) is 10.0. The van der Waals surface area contributed by atoms with Crippen molar-refractivity contribution >= 4 is 44.2 Å². The molecule has 13 heavy (non-hydrogen) atoms. The first-order valence-electron chi connectivity index (χ1n) is 3.38. The van der Waals surface area contributed by atoms with Crippen LogP contribution < -0.4 is 5.73 Å². The molecule has 4 nitrogen and oxygen atoms in total. The Labute approximate surface area is 96.9 Å². The predicted octanol–water partition coefficient (Wildman–Crippen LogP) is 2.42. The van der Waals surface area contributed by atoms with Crippen LogP contribution >= 0.6 is 38.5 Å². The molecule has 0 spiro atoms. The van der Waals surface area contributed by atoms with Crippen molar-refractivity contribution in [3.05, 3.63) is 35.9 Å². The number of nitrogens with zero attached hydrogens (tertiary/aromatic N) is 1. The van der Waals surface area contributed by atoms with Crippen molar-refractivity contribution < 1.29 is 4.92 Å². The van der Waals surface area contributed by atoms with Gasteiger partial charge in [-0.15, -0.1) is 0 Å². The fourth-order valence-corrected chi connectivity index (χ4v) is 1.75. The Bertz CT molecular complexity index is 357. The van der Waals surface area contributed by atoms with Crippen molar-refractivity contribution in [1.82, 2.24) is 0 Å². The number of benzene rings is 1. The van der Waals surface area contributed by atoms with Gasteiger partial charge in [-0.3, -0.25) is 10.1 Å². The van der Waals surface area contributed by atoms with Gasteiger partial charge in [0.15, 0.2) is 0 Å². The summed E-state index contributed by atoms with van der Waals surface area (Å²) in [4.78, 5) is 10.2. The summed E-state index contributed by atoms with van der Waals surface area (Å²) in [6, 6.07) is 3.19. The lowest BCUT2D eigenvalue weighted by atomic mass is 10.2. The van der Waals surface area contributed by atoms with Crippen LogP contribution in [0.25, 0.3) is 0 Å². The minimum atomic E-state index is -0.420. The second-order valence-electron chi connectivity index (χ2n) is 2.36. The lowest BCUT2D eigenvalue weighted by molar-refractivity contribution is -0.385. The number of hydrogen-bond donors (Lipinski definition) is 1. The van der Waals surface area contributed by atoms with Gasteiger partial charge < -0.3 is 5.73 Å². The van der Waals surface area contributed by atoms with Gasteiger partial charge in [-0.05, 0) is 44.6 Å². The predicted molar refractivity (Wildman–Crippen MR) is 61.4 cm³/mol. The maximum absolute atomic E-state index is 10.6. The molecule has 70 valence electrons. The smallest absolute Gasteiger partial charge is 0.275 e. The molecular weight excluding hydrogens is 351 g/mol. The minimum absolute atomic E-state index is 0.0788. The summed E-state index contributed by atoms with van der Waals surface area (Å²) in [5, 5.41) is 10.6. The topological polar surface area (TPSA) is 69.2 Å². The fourth-order valence-electron chi connectivity index (χ4n) is 0.911. The molecule has 0 fully saturated rings. The molecule has 0 aromatic heterocycles. The van der Waals surface area contributed by atoms with Gasteiger partial charge in [0.05, 0.1) is 4.92 Å². The number of rotatable bonds is 2. The summed E-state index contributed by atoms with van der Waals surface area (Å²) in [7, 11) is 0. The highest BCUT2D eigenvalue weighted by atomic mass is 127. The van der Waals surface area contributed by atoms with Crippen LogP contribution in [0.2, 0.25) is 0 Å². The van der Waals surface area contributed by atoms with Crippen LogP contribution in [0.1, 0.15) is 5.56 Å². The van der Waals surface area contributed by atoms with Crippen molar-refractivity contribution in [3.63, 3.8) is 0 Å². The number of halogens is 2. The molecule has 0 aliphatic carbocycles. The maximum atomic E-state index is 10.6. The Morgan fingerprint density at radius 2 is 2.23 bits per heavy atom. The molecule has 0 atom stereocenters. The van der Waals surface area contributed by atoms with E-state index >= 15 is 0 Å². The zero-order valence-corrected chi connectivity index (χ0v) is 10.2. The Hall–Kier alpha value is -0.210. The van der Waals surface area contributed by atoms with Gasteiger partial charge in [-0.25, -0.2) is 0 Å². The van der Waals surface area contributed by atoms with Crippen LogP contribution in [0.15, 0.2) is 16.6 Å². The van der Waals surface area contributed by atoms with Crippen molar-refractivity contribution in [2.45, 2.75) is 6.54 Å². The van der Waals surface area contributed by atoms with Gasteiger partial charge in [0.1, 0.15) is 0 Å². The molecule has 0 bridgehead atoms. The summed E-state index contributed by atoms with van der Waals surface area (Å²) < 4.78 is 1.64. The number of hydrogen-bond acceptors (Lipinski definition) is 3. The SMILES string of the molecule is NCc1cc(Br)c(I)cc1[N+](=O)[O-]. The molecule has 0 aliphatic rings. The molecule has 0 radical (unpaired) electrons. The molecule has 2 N–H and O–H groups in total. The second kappa shape index (κ2) is 4.34. The van der Waals surface area contributed by atoms with Gasteiger partial charge in [-0.2, -0.15) is 0 Å². The lowest BCUT2D eigenvalue weighted by Crippen LogP contribution is -2.02. The average Bonchev–Trinajstić information content (AvgIpc) is 2.08. The van der Waals surface area contributed by atoms with Crippen LogP contribution in [0.3, 0.4) is 0 Å². The van der Waals surface area contributed by atoms with Gasteiger partial charge in [-0.1, -0.05) is 0 Å². The zero-order valence-electron chi connectivity index (χ0n) is 6.46. The largest absolute Gasteiger partial charge is 0.326 e. The van der Waals surface area contributed by atoms with Gasteiger partial charge in [0.2, 0.25) is 0 Å². The van der Waals surface area contributed by atoms with E-state index in [-0.39, 0.29) is 12.2 Å². The first-order chi connectivity index (χ1) is 6.06. The summed E-state index contributed by atoms with van der Waals surface area (Å²) in [6.45, 7) is 0.172. The van der Waals surface area contributed by atoms with Crippen LogP contribution in [0.5, 0.6) is 0 Å². The summed E-state index contributed by atoms with van der Waals surface area (Å²) in [5.74, 6) is 0.